The summed E-state index contributed by atoms with van der Waals surface area (Å²) < 4.78 is 5.40. The van der Waals surface area contributed by atoms with Gasteiger partial charge in [-0.25, -0.2) is 4.98 Å². The SMILES string of the molecule is CCN(Cc1ccccc1)c1nccc(NCc2ccccc2OC)n1. The van der Waals surface area contributed by atoms with E-state index in [0.717, 1.165) is 36.2 Å². The van der Waals surface area contributed by atoms with Gasteiger partial charge in [-0.15, -0.1) is 0 Å². The van der Waals surface area contributed by atoms with Crippen LogP contribution in [0.5, 0.6) is 5.75 Å². The molecule has 0 spiro atoms. The van der Waals surface area contributed by atoms with Crippen LogP contribution >= 0.6 is 0 Å². The van der Waals surface area contributed by atoms with Gasteiger partial charge in [-0.1, -0.05) is 48.5 Å². The van der Waals surface area contributed by atoms with E-state index in [1.54, 1.807) is 13.3 Å². The zero-order valence-corrected chi connectivity index (χ0v) is 15.2. The Morgan fingerprint density at radius 1 is 1.00 bits per heavy atom. The van der Waals surface area contributed by atoms with Crippen molar-refractivity contribution in [3.05, 3.63) is 78.0 Å². The minimum Gasteiger partial charge on any atom is -0.496 e. The van der Waals surface area contributed by atoms with Crippen LogP contribution in [0.2, 0.25) is 0 Å². The quantitative estimate of drug-likeness (QED) is 0.663. The highest BCUT2D eigenvalue weighted by Gasteiger charge is 2.09. The van der Waals surface area contributed by atoms with Gasteiger partial charge in [-0.3, -0.25) is 0 Å². The summed E-state index contributed by atoms with van der Waals surface area (Å²) in [5.74, 6) is 2.39. The van der Waals surface area contributed by atoms with E-state index in [0.29, 0.717) is 6.54 Å². The molecule has 0 amide bonds. The van der Waals surface area contributed by atoms with E-state index >= 15 is 0 Å². The fraction of sp³-hybridized carbons (Fsp3) is 0.238. The predicted octanol–water partition coefficient (Wildman–Crippen LogP) is 4.12. The molecule has 1 aromatic heterocycles. The van der Waals surface area contributed by atoms with Crippen molar-refractivity contribution in [3.8, 4) is 5.75 Å². The van der Waals surface area contributed by atoms with Crippen molar-refractivity contribution in [2.75, 3.05) is 23.9 Å². The van der Waals surface area contributed by atoms with Crippen LogP contribution in [0.1, 0.15) is 18.1 Å². The summed E-state index contributed by atoms with van der Waals surface area (Å²) in [6, 6.07) is 20.2. The average Bonchev–Trinajstić information content (AvgIpc) is 2.71. The molecule has 0 atom stereocenters. The zero-order valence-electron chi connectivity index (χ0n) is 15.2. The minimum absolute atomic E-state index is 0.644. The molecular weight excluding hydrogens is 324 g/mol. The molecule has 1 heterocycles. The first-order valence-corrected chi connectivity index (χ1v) is 8.78. The molecule has 0 aliphatic carbocycles. The van der Waals surface area contributed by atoms with Gasteiger partial charge in [0.05, 0.1) is 7.11 Å². The third-order valence-electron chi connectivity index (χ3n) is 4.18. The Hall–Kier alpha value is -3.08. The normalized spacial score (nSPS) is 10.4. The summed E-state index contributed by atoms with van der Waals surface area (Å²) in [5.41, 5.74) is 2.33. The highest BCUT2D eigenvalue weighted by Crippen LogP contribution is 2.19. The number of para-hydroxylation sites is 1. The Balaban J connectivity index is 1.70. The summed E-state index contributed by atoms with van der Waals surface area (Å²) in [6.07, 6.45) is 1.79. The predicted molar refractivity (Wildman–Crippen MR) is 106 cm³/mol. The Bertz CT molecular complexity index is 823. The maximum atomic E-state index is 5.40. The average molecular weight is 348 g/mol. The lowest BCUT2D eigenvalue weighted by Crippen LogP contribution is -2.24. The van der Waals surface area contributed by atoms with E-state index in [2.05, 4.69) is 51.4 Å². The van der Waals surface area contributed by atoms with E-state index in [1.807, 2.05) is 36.4 Å². The van der Waals surface area contributed by atoms with E-state index in [4.69, 9.17) is 4.74 Å². The molecule has 2 aromatic carbocycles. The van der Waals surface area contributed by atoms with Gasteiger partial charge in [0.15, 0.2) is 0 Å². The molecular formula is C21H24N4O. The van der Waals surface area contributed by atoms with Crippen LogP contribution in [0.4, 0.5) is 11.8 Å². The number of anilines is 2. The summed E-state index contributed by atoms with van der Waals surface area (Å²) in [7, 11) is 1.68. The van der Waals surface area contributed by atoms with Crippen LogP contribution in [0, 0.1) is 0 Å². The third-order valence-corrected chi connectivity index (χ3v) is 4.18. The van der Waals surface area contributed by atoms with Gasteiger partial charge in [0.2, 0.25) is 5.95 Å². The number of aromatic nitrogens is 2. The number of hydrogen-bond donors (Lipinski definition) is 1. The second-order valence-corrected chi connectivity index (χ2v) is 5.91. The Morgan fingerprint density at radius 2 is 1.77 bits per heavy atom. The number of benzene rings is 2. The van der Waals surface area contributed by atoms with Crippen LogP contribution in [0.3, 0.4) is 0 Å². The van der Waals surface area contributed by atoms with Crippen molar-refractivity contribution in [2.45, 2.75) is 20.0 Å². The van der Waals surface area contributed by atoms with Crippen molar-refractivity contribution in [2.24, 2.45) is 0 Å². The second-order valence-electron chi connectivity index (χ2n) is 5.91. The molecule has 26 heavy (non-hydrogen) atoms. The summed E-state index contributed by atoms with van der Waals surface area (Å²) >= 11 is 0. The molecule has 0 unspecified atom stereocenters. The molecule has 3 aromatic rings. The summed E-state index contributed by atoms with van der Waals surface area (Å²) in [5, 5.41) is 3.36. The maximum absolute atomic E-state index is 5.40. The molecule has 0 fully saturated rings. The Kier molecular flexibility index (Phi) is 6.04. The van der Waals surface area contributed by atoms with Crippen LogP contribution in [-0.2, 0) is 13.1 Å². The van der Waals surface area contributed by atoms with Crippen molar-refractivity contribution in [1.82, 2.24) is 9.97 Å². The number of nitrogens with one attached hydrogen (secondary N) is 1. The molecule has 0 aliphatic heterocycles. The summed E-state index contributed by atoms with van der Waals surface area (Å²) in [6.45, 7) is 4.38. The number of ether oxygens (including phenoxy) is 1. The first-order chi connectivity index (χ1) is 12.8. The van der Waals surface area contributed by atoms with Gasteiger partial charge in [0.1, 0.15) is 11.6 Å². The standard InChI is InChI=1S/C21H24N4O/c1-3-25(16-17-9-5-4-6-10-17)21-22-14-13-20(24-21)23-15-18-11-7-8-12-19(18)26-2/h4-14H,3,15-16H2,1-2H3,(H,22,23,24). The fourth-order valence-electron chi connectivity index (χ4n) is 2.76. The smallest absolute Gasteiger partial charge is 0.227 e. The molecule has 5 nitrogen and oxygen atoms in total. The summed E-state index contributed by atoms with van der Waals surface area (Å²) in [4.78, 5) is 11.3. The van der Waals surface area contributed by atoms with Crippen molar-refractivity contribution in [3.63, 3.8) is 0 Å². The van der Waals surface area contributed by atoms with Crippen molar-refractivity contribution >= 4 is 11.8 Å². The lowest BCUT2D eigenvalue weighted by Gasteiger charge is -2.21. The van der Waals surface area contributed by atoms with Gasteiger partial charge < -0.3 is 15.0 Å². The van der Waals surface area contributed by atoms with Crippen molar-refractivity contribution in [1.29, 1.82) is 0 Å². The third kappa shape index (κ3) is 4.51. The molecule has 134 valence electrons. The second kappa shape index (κ2) is 8.85. The number of methoxy groups -OCH3 is 1. The van der Waals surface area contributed by atoms with E-state index in [9.17, 15) is 0 Å². The van der Waals surface area contributed by atoms with Crippen LogP contribution in [0.15, 0.2) is 66.9 Å². The topological polar surface area (TPSA) is 50.3 Å². The molecule has 5 heteroatoms. The first kappa shape index (κ1) is 17.7. The molecule has 0 bridgehead atoms. The highest BCUT2D eigenvalue weighted by molar-refractivity contribution is 5.44. The Morgan fingerprint density at radius 3 is 2.54 bits per heavy atom. The van der Waals surface area contributed by atoms with E-state index < -0.39 is 0 Å². The van der Waals surface area contributed by atoms with E-state index in [1.165, 1.54) is 5.56 Å². The van der Waals surface area contributed by atoms with Gasteiger partial charge in [0.25, 0.3) is 0 Å². The number of hydrogen-bond acceptors (Lipinski definition) is 5. The maximum Gasteiger partial charge on any atom is 0.227 e. The number of rotatable bonds is 8. The molecule has 1 N–H and O–H groups in total. The van der Waals surface area contributed by atoms with Gasteiger partial charge in [0, 0.05) is 31.4 Å². The van der Waals surface area contributed by atoms with E-state index in [-0.39, 0.29) is 0 Å². The lowest BCUT2D eigenvalue weighted by atomic mass is 10.2. The Labute approximate surface area is 154 Å². The molecule has 0 saturated carbocycles. The highest BCUT2D eigenvalue weighted by atomic mass is 16.5. The largest absolute Gasteiger partial charge is 0.496 e. The van der Waals surface area contributed by atoms with Gasteiger partial charge in [-0.05, 0) is 24.6 Å². The van der Waals surface area contributed by atoms with Gasteiger partial charge in [-0.2, -0.15) is 4.98 Å². The monoisotopic (exact) mass is 348 g/mol. The molecule has 0 aliphatic rings. The van der Waals surface area contributed by atoms with Gasteiger partial charge >= 0.3 is 0 Å². The van der Waals surface area contributed by atoms with Crippen molar-refractivity contribution < 1.29 is 4.74 Å². The molecule has 0 saturated heterocycles. The van der Waals surface area contributed by atoms with Crippen LogP contribution in [-0.4, -0.2) is 23.6 Å². The molecule has 0 radical (unpaired) electrons. The van der Waals surface area contributed by atoms with Crippen LogP contribution in [0.25, 0.3) is 0 Å². The minimum atomic E-state index is 0.644. The molecule has 3 rings (SSSR count). The first-order valence-electron chi connectivity index (χ1n) is 8.78. The zero-order chi connectivity index (χ0) is 18.2. The fourth-order valence-corrected chi connectivity index (χ4v) is 2.76. The van der Waals surface area contributed by atoms with Crippen LogP contribution < -0.4 is 15.0 Å². The number of nitrogens with zero attached hydrogens (tertiary/aromatic N) is 3. The lowest BCUT2D eigenvalue weighted by molar-refractivity contribution is 0.410.